The highest BCUT2D eigenvalue weighted by molar-refractivity contribution is 7.98. The molecular weight excluding hydrogens is 240 g/mol. The molecule has 0 saturated heterocycles. The number of aromatic nitrogens is 8. The van der Waals surface area contributed by atoms with Gasteiger partial charge in [-0.3, -0.25) is 0 Å². The molecule has 0 aromatic carbocycles. The van der Waals surface area contributed by atoms with Crippen molar-refractivity contribution in [3.05, 3.63) is 5.82 Å². The van der Waals surface area contributed by atoms with E-state index in [-0.39, 0.29) is 0 Å². The molecule has 0 amide bonds. The van der Waals surface area contributed by atoms with Crippen LogP contribution in [0.4, 0.5) is 0 Å². The summed E-state index contributed by atoms with van der Waals surface area (Å²) in [5.41, 5.74) is 0. The van der Waals surface area contributed by atoms with E-state index in [1.807, 2.05) is 11.7 Å². The van der Waals surface area contributed by atoms with Gasteiger partial charge in [0.15, 0.2) is 5.82 Å². The number of aryl methyl sites for hydroxylation is 2. The van der Waals surface area contributed by atoms with Gasteiger partial charge in [0, 0.05) is 13.6 Å². The predicted molar refractivity (Wildman–Crippen MR) is 61.1 cm³/mol. The van der Waals surface area contributed by atoms with Gasteiger partial charge in [-0.05, 0) is 27.3 Å². The maximum atomic E-state index is 4.00. The topological polar surface area (TPSA) is 87.2 Å². The summed E-state index contributed by atoms with van der Waals surface area (Å²) >= 11 is 1.52. The zero-order valence-electron chi connectivity index (χ0n) is 9.81. The molecule has 0 aliphatic rings. The summed E-state index contributed by atoms with van der Waals surface area (Å²) in [6.07, 6.45) is 2.20. The van der Waals surface area contributed by atoms with Gasteiger partial charge in [-0.25, -0.2) is 9.36 Å². The summed E-state index contributed by atoms with van der Waals surface area (Å²) in [5, 5.41) is 23.6. The summed E-state index contributed by atoms with van der Waals surface area (Å²) in [7, 11) is 1.81. The van der Waals surface area contributed by atoms with E-state index < -0.39 is 0 Å². The molecule has 92 valence electrons. The number of rotatable bonds is 6. The second-order valence-electron chi connectivity index (χ2n) is 3.55. The molecule has 0 fully saturated rings. The van der Waals surface area contributed by atoms with E-state index in [4.69, 9.17) is 0 Å². The monoisotopic (exact) mass is 254 g/mol. The third-order valence-corrected chi connectivity index (χ3v) is 3.25. The van der Waals surface area contributed by atoms with E-state index in [1.165, 1.54) is 11.8 Å². The molecule has 0 bridgehead atoms. The number of unbranched alkanes of at least 4 members (excludes halogenated alkanes) is 1. The van der Waals surface area contributed by atoms with Crippen LogP contribution < -0.4 is 0 Å². The molecule has 9 heteroatoms. The normalized spacial score (nSPS) is 10.9. The van der Waals surface area contributed by atoms with E-state index in [9.17, 15) is 0 Å². The van der Waals surface area contributed by atoms with Gasteiger partial charge in [0.1, 0.15) is 0 Å². The van der Waals surface area contributed by atoms with Crippen LogP contribution in [0.5, 0.6) is 0 Å². The minimum atomic E-state index is 0.672. The second-order valence-corrected chi connectivity index (χ2v) is 4.49. The Morgan fingerprint density at radius 2 is 2.00 bits per heavy atom. The Morgan fingerprint density at radius 1 is 1.18 bits per heavy atom. The zero-order valence-corrected chi connectivity index (χ0v) is 10.6. The molecule has 0 atom stereocenters. The SMILES string of the molecule is CCCCn1nnnc1CSc1nnnn1C. The van der Waals surface area contributed by atoms with Gasteiger partial charge in [0.25, 0.3) is 0 Å². The summed E-state index contributed by atoms with van der Waals surface area (Å²) < 4.78 is 3.46. The van der Waals surface area contributed by atoms with Gasteiger partial charge in [0.05, 0.1) is 5.75 Å². The van der Waals surface area contributed by atoms with Crippen molar-refractivity contribution in [1.82, 2.24) is 40.4 Å². The number of tetrazole rings is 2. The molecule has 17 heavy (non-hydrogen) atoms. The van der Waals surface area contributed by atoms with Gasteiger partial charge in [-0.1, -0.05) is 25.1 Å². The van der Waals surface area contributed by atoms with Crippen LogP contribution in [0.15, 0.2) is 5.16 Å². The maximum absolute atomic E-state index is 4.00. The van der Waals surface area contributed by atoms with Crippen LogP contribution in [-0.2, 0) is 19.3 Å². The molecule has 2 aromatic rings. The fraction of sp³-hybridized carbons (Fsp3) is 0.750. The van der Waals surface area contributed by atoms with Crippen molar-refractivity contribution < 1.29 is 0 Å². The number of thioether (sulfide) groups is 1. The van der Waals surface area contributed by atoms with E-state index in [0.29, 0.717) is 5.75 Å². The first-order chi connectivity index (χ1) is 8.31. The Labute approximate surface area is 103 Å². The van der Waals surface area contributed by atoms with Crippen molar-refractivity contribution in [2.24, 2.45) is 7.05 Å². The van der Waals surface area contributed by atoms with Crippen LogP contribution in [0.3, 0.4) is 0 Å². The molecule has 0 radical (unpaired) electrons. The first kappa shape index (κ1) is 12.0. The lowest BCUT2D eigenvalue weighted by Gasteiger charge is -2.02. The lowest BCUT2D eigenvalue weighted by Crippen LogP contribution is -2.05. The third-order valence-electron chi connectivity index (χ3n) is 2.24. The van der Waals surface area contributed by atoms with Crippen molar-refractivity contribution in [2.45, 2.75) is 37.2 Å². The van der Waals surface area contributed by atoms with Crippen LogP contribution in [0.2, 0.25) is 0 Å². The number of hydrogen-bond acceptors (Lipinski definition) is 7. The van der Waals surface area contributed by atoms with Crippen molar-refractivity contribution in [3.8, 4) is 0 Å². The molecule has 2 rings (SSSR count). The Bertz CT molecular complexity index is 464. The first-order valence-corrected chi connectivity index (χ1v) is 6.40. The Balaban J connectivity index is 1.95. The molecule has 0 unspecified atom stereocenters. The van der Waals surface area contributed by atoms with Crippen molar-refractivity contribution in [2.75, 3.05) is 0 Å². The average Bonchev–Trinajstić information content (AvgIpc) is 2.93. The molecule has 2 aromatic heterocycles. The van der Waals surface area contributed by atoms with E-state index >= 15 is 0 Å². The van der Waals surface area contributed by atoms with E-state index in [1.54, 1.807) is 4.68 Å². The van der Waals surface area contributed by atoms with Gasteiger partial charge < -0.3 is 0 Å². The van der Waals surface area contributed by atoms with Crippen LogP contribution in [0, 0.1) is 0 Å². The highest BCUT2D eigenvalue weighted by Gasteiger charge is 2.09. The molecule has 0 aliphatic carbocycles. The Morgan fingerprint density at radius 3 is 2.71 bits per heavy atom. The summed E-state index contributed by atoms with van der Waals surface area (Å²) in [5.74, 6) is 1.52. The highest BCUT2D eigenvalue weighted by Crippen LogP contribution is 2.17. The van der Waals surface area contributed by atoms with Crippen LogP contribution in [-0.4, -0.2) is 40.4 Å². The average molecular weight is 254 g/mol. The summed E-state index contributed by atoms with van der Waals surface area (Å²) in [6, 6.07) is 0. The van der Waals surface area contributed by atoms with E-state index in [2.05, 4.69) is 38.0 Å². The molecular formula is C8H14N8S. The van der Waals surface area contributed by atoms with Gasteiger partial charge >= 0.3 is 0 Å². The predicted octanol–water partition coefficient (Wildman–Crippen LogP) is 0.289. The number of nitrogens with zero attached hydrogens (tertiary/aromatic N) is 8. The zero-order chi connectivity index (χ0) is 12.1. The largest absolute Gasteiger partial charge is 0.229 e. The first-order valence-electron chi connectivity index (χ1n) is 5.41. The minimum Gasteiger partial charge on any atom is -0.229 e. The minimum absolute atomic E-state index is 0.672. The van der Waals surface area contributed by atoms with Gasteiger partial charge in [0.2, 0.25) is 5.16 Å². The molecule has 8 nitrogen and oxygen atoms in total. The molecule has 0 aliphatic heterocycles. The van der Waals surface area contributed by atoms with Crippen molar-refractivity contribution in [3.63, 3.8) is 0 Å². The number of hydrogen-bond donors (Lipinski definition) is 0. The lowest BCUT2D eigenvalue weighted by atomic mass is 10.3. The van der Waals surface area contributed by atoms with Crippen LogP contribution in [0.1, 0.15) is 25.6 Å². The van der Waals surface area contributed by atoms with Crippen molar-refractivity contribution in [1.29, 1.82) is 0 Å². The quantitative estimate of drug-likeness (QED) is 0.684. The summed E-state index contributed by atoms with van der Waals surface area (Å²) in [4.78, 5) is 0. The van der Waals surface area contributed by atoms with Crippen LogP contribution in [0.25, 0.3) is 0 Å². The third kappa shape index (κ3) is 2.99. The second kappa shape index (κ2) is 5.71. The Kier molecular flexibility index (Phi) is 4.02. The lowest BCUT2D eigenvalue weighted by molar-refractivity contribution is 0.540. The van der Waals surface area contributed by atoms with Gasteiger partial charge in [-0.15, -0.1) is 10.2 Å². The maximum Gasteiger partial charge on any atom is 0.209 e. The Hall–Kier alpha value is -1.51. The fourth-order valence-electron chi connectivity index (χ4n) is 1.28. The van der Waals surface area contributed by atoms with Crippen molar-refractivity contribution >= 4 is 11.8 Å². The summed E-state index contributed by atoms with van der Waals surface area (Å²) in [6.45, 7) is 3.00. The molecule has 2 heterocycles. The molecule has 0 N–H and O–H groups in total. The highest BCUT2D eigenvalue weighted by atomic mass is 32.2. The van der Waals surface area contributed by atoms with Gasteiger partial charge in [-0.2, -0.15) is 0 Å². The van der Waals surface area contributed by atoms with Crippen LogP contribution >= 0.6 is 11.8 Å². The standard InChI is InChI=1S/C8H14N8S/c1-3-4-5-16-7(9-11-14-16)6-17-8-10-12-13-15(8)2/h3-6H2,1-2H3. The fourth-order valence-corrected chi connectivity index (χ4v) is 2.06. The molecule has 0 spiro atoms. The molecule has 0 saturated carbocycles. The van der Waals surface area contributed by atoms with E-state index in [0.717, 1.165) is 30.4 Å². The smallest absolute Gasteiger partial charge is 0.209 e.